The van der Waals surface area contributed by atoms with Crippen molar-refractivity contribution in [2.75, 3.05) is 12.4 Å². The van der Waals surface area contributed by atoms with E-state index >= 15 is 0 Å². The van der Waals surface area contributed by atoms with E-state index in [-0.39, 0.29) is 6.04 Å². The molecule has 0 radical (unpaired) electrons. The Balaban J connectivity index is 1.78. The van der Waals surface area contributed by atoms with Gasteiger partial charge in [0.1, 0.15) is 5.75 Å². The number of hydrogen-bond donors (Lipinski definition) is 1. The van der Waals surface area contributed by atoms with Crippen LogP contribution in [0.1, 0.15) is 23.6 Å². The van der Waals surface area contributed by atoms with Crippen LogP contribution < -0.4 is 10.1 Å². The van der Waals surface area contributed by atoms with E-state index in [9.17, 15) is 0 Å². The minimum Gasteiger partial charge on any atom is -0.497 e. The molecule has 1 N–H and O–H groups in total. The van der Waals surface area contributed by atoms with Gasteiger partial charge >= 0.3 is 0 Å². The minimum absolute atomic E-state index is 0.113. The Morgan fingerprint density at radius 3 is 2.50 bits per heavy atom. The van der Waals surface area contributed by atoms with Crippen LogP contribution >= 0.6 is 11.6 Å². The fourth-order valence-corrected chi connectivity index (χ4v) is 3.36. The van der Waals surface area contributed by atoms with E-state index < -0.39 is 0 Å². The molecule has 0 aromatic heterocycles. The molecule has 4 rings (SSSR count). The number of ether oxygens (including phenoxy) is 1. The largest absolute Gasteiger partial charge is 0.497 e. The number of anilines is 1. The number of fused-ring (bicyclic) bond motifs is 1. The smallest absolute Gasteiger partial charge is 0.118 e. The number of methoxy groups -OCH3 is 1. The van der Waals surface area contributed by atoms with Crippen LogP contribution in [0.4, 0.5) is 11.4 Å². The molecule has 0 fully saturated rings. The molecular formula is C22H19ClN2O. The zero-order valence-electron chi connectivity index (χ0n) is 14.4. The van der Waals surface area contributed by atoms with Crippen LogP contribution in [0.25, 0.3) is 0 Å². The molecule has 130 valence electrons. The molecule has 0 saturated heterocycles. The summed E-state index contributed by atoms with van der Waals surface area (Å²) in [4.78, 5) is 4.92. The molecule has 4 heteroatoms. The first-order valence-electron chi connectivity index (χ1n) is 8.56. The normalized spacial score (nSPS) is 16.1. The summed E-state index contributed by atoms with van der Waals surface area (Å²) in [7, 11) is 1.68. The van der Waals surface area contributed by atoms with Gasteiger partial charge in [-0.1, -0.05) is 54.1 Å². The Morgan fingerprint density at radius 2 is 1.77 bits per heavy atom. The first kappa shape index (κ1) is 16.7. The second-order valence-electron chi connectivity index (χ2n) is 6.26. The fraction of sp³-hybridized carbons (Fsp3) is 0.136. The van der Waals surface area contributed by atoms with E-state index in [1.54, 1.807) is 7.11 Å². The molecular weight excluding hydrogens is 344 g/mol. The van der Waals surface area contributed by atoms with Gasteiger partial charge in [-0.3, -0.25) is 4.99 Å². The summed E-state index contributed by atoms with van der Waals surface area (Å²) in [6.07, 6.45) is 0.780. The highest BCUT2D eigenvalue weighted by Crippen LogP contribution is 2.37. The average molecular weight is 363 g/mol. The molecule has 0 bridgehead atoms. The van der Waals surface area contributed by atoms with Gasteiger partial charge in [0, 0.05) is 11.4 Å². The van der Waals surface area contributed by atoms with Crippen molar-refractivity contribution in [1.82, 2.24) is 0 Å². The van der Waals surface area contributed by atoms with Gasteiger partial charge in [0.25, 0.3) is 0 Å². The van der Waals surface area contributed by atoms with Crippen LogP contribution in [0.5, 0.6) is 5.75 Å². The summed E-state index contributed by atoms with van der Waals surface area (Å²) in [6.45, 7) is 0. The second kappa shape index (κ2) is 7.22. The number of nitrogens with zero attached hydrogens (tertiary/aromatic N) is 1. The van der Waals surface area contributed by atoms with E-state index in [2.05, 4.69) is 29.6 Å². The standard InChI is InChI=1S/C22H19ClN2O/c1-26-18-10-7-16(8-11-18)21-14-20(15-5-3-2-4-6-15)25-22-13-17(23)9-12-19(22)24-21/h2-13,21,24H,14H2,1H3. The average Bonchev–Trinajstić information content (AvgIpc) is 2.88. The van der Waals surface area contributed by atoms with Gasteiger partial charge < -0.3 is 10.1 Å². The quantitative estimate of drug-likeness (QED) is 0.617. The first-order valence-corrected chi connectivity index (χ1v) is 8.94. The monoisotopic (exact) mass is 362 g/mol. The highest BCUT2D eigenvalue weighted by molar-refractivity contribution is 6.31. The Morgan fingerprint density at radius 1 is 1.00 bits per heavy atom. The van der Waals surface area contributed by atoms with Crippen LogP contribution in [-0.2, 0) is 0 Å². The predicted octanol–water partition coefficient (Wildman–Crippen LogP) is 6.03. The van der Waals surface area contributed by atoms with Gasteiger partial charge in [0.2, 0.25) is 0 Å². The molecule has 0 saturated carbocycles. The summed E-state index contributed by atoms with van der Waals surface area (Å²) >= 11 is 6.20. The van der Waals surface area contributed by atoms with Crippen LogP contribution in [0.15, 0.2) is 77.8 Å². The Kier molecular flexibility index (Phi) is 4.63. The van der Waals surface area contributed by atoms with Gasteiger partial charge in [-0.05, 0) is 41.5 Å². The van der Waals surface area contributed by atoms with Gasteiger partial charge in [-0.15, -0.1) is 0 Å². The third kappa shape index (κ3) is 3.44. The summed E-state index contributed by atoms with van der Waals surface area (Å²) in [5, 5.41) is 4.31. The fourth-order valence-electron chi connectivity index (χ4n) is 3.19. The maximum Gasteiger partial charge on any atom is 0.118 e. The number of aliphatic imine (C=N–C) groups is 1. The lowest BCUT2D eigenvalue weighted by Gasteiger charge is -2.19. The second-order valence-corrected chi connectivity index (χ2v) is 6.70. The van der Waals surface area contributed by atoms with Gasteiger partial charge in [0.05, 0.1) is 30.2 Å². The molecule has 3 nitrogen and oxygen atoms in total. The Labute approximate surface area is 158 Å². The molecule has 26 heavy (non-hydrogen) atoms. The summed E-state index contributed by atoms with van der Waals surface area (Å²) < 4.78 is 5.28. The maximum absolute atomic E-state index is 6.20. The highest BCUT2D eigenvalue weighted by atomic mass is 35.5. The summed E-state index contributed by atoms with van der Waals surface area (Å²) in [6, 6.07) is 24.4. The van der Waals surface area contributed by atoms with Crippen LogP contribution in [0.3, 0.4) is 0 Å². The molecule has 1 aliphatic rings. The lowest BCUT2D eigenvalue weighted by molar-refractivity contribution is 0.414. The van der Waals surface area contributed by atoms with Crippen molar-refractivity contribution in [3.05, 3.63) is 88.9 Å². The lowest BCUT2D eigenvalue weighted by atomic mass is 9.97. The number of hydrogen-bond acceptors (Lipinski definition) is 3. The molecule has 3 aromatic carbocycles. The van der Waals surface area contributed by atoms with Gasteiger partial charge in [0.15, 0.2) is 0 Å². The van der Waals surface area contributed by atoms with Crippen LogP contribution in [0.2, 0.25) is 5.02 Å². The van der Waals surface area contributed by atoms with Crippen LogP contribution in [-0.4, -0.2) is 12.8 Å². The molecule has 0 spiro atoms. The highest BCUT2D eigenvalue weighted by Gasteiger charge is 2.21. The minimum atomic E-state index is 0.113. The van der Waals surface area contributed by atoms with Gasteiger partial charge in [-0.25, -0.2) is 0 Å². The van der Waals surface area contributed by atoms with E-state index in [4.69, 9.17) is 21.3 Å². The first-order chi connectivity index (χ1) is 12.7. The van der Waals surface area contributed by atoms with Crippen molar-refractivity contribution in [3.8, 4) is 5.75 Å². The van der Waals surface area contributed by atoms with Crippen molar-refractivity contribution < 1.29 is 4.74 Å². The third-order valence-electron chi connectivity index (χ3n) is 4.57. The molecule has 1 heterocycles. The summed E-state index contributed by atoms with van der Waals surface area (Å²) in [5.74, 6) is 0.853. The molecule has 1 atom stereocenters. The van der Waals surface area contributed by atoms with Crippen molar-refractivity contribution in [1.29, 1.82) is 0 Å². The Bertz CT molecular complexity index is 936. The van der Waals surface area contributed by atoms with Crippen molar-refractivity contribution >= 4 is 28.7 Å². The molecule has 0 aliphatic carbocycles. The zero-order valence-corrected chi connectivity index (χ0v) is 15.2. The number of rotatable bonds is 3. The molecule has 3 aromatic rings. The SMILES string of the molecule is COc1ccc(C2CC(c3ccccc3)=Nc3cc(Cl)ccc3N2)cc1. The maximum atomic E-state index is 6.20. The lowest BCUT2D eigenvalue weighted by Crippen LogP contribution is -2.14. The topological polar surface area (TPSA) is 33.6 Å². The number of benzene rings is 3. The van der Waals surface area contributed by atoms with Crippen molar-refractivity contribution in [3.63, 3.8) is 0 Å². The van der Waals surface area contributed by atoms with Crippen molar-refractivity contribution in [2.24, 2.45) is 4.99 Å². The van der Waals surface area contributed by atoms with E-state index in [0.29, 0.717) is 5.02 Å². The zero-order chi connectivity index (χ0) is 17.9. The number of halogens is 1. The third-order valence-corrected chi connectivity index (χ3v) is 4.80. The Hall–Kier alpha value is -2.78. The number of nitrogens with one attached hydrogen (secondary N) is 1. The van der Waals surface area contributed by atoms with Gasteiger partial charge in [-0.2, -0.15) is 0 Å². The molecule has 0 amide bonds. The molecule has 1 unspecified atom stereocenters. The van der Waals surface area contributed by atoms with Crippen molar-refractivity contribution in [2.45, 2.75) is 12.5 Å². The van der Waals surface area contributed by atoms with Crippen LogP contribution in [0, 0.1) is 0 Å². The van der Waals surface area contributed by atoms with E-state index in [0.717, 1.165) is 34.8 Å². The van der Waals surface area contributed by atoms with E-state index in [1.165, 1.54) is 5.56 Å². The molecule has 1 aliphatic heterocycles. The predicted molar refractivity (Wildman–Crippen MR) is 108 cm³/mol. The summed E-state index contributed by atoms with van der Waals surface area (Å²) in [5.41, 5.74) is 5.21. The van der Waals surface area contributed by atoms with E-state index in [1.807, 2.05) is 48.5 Å².